The Kier molecular flexibility index (Phi) is 29.7. The maximum Gasteiger partial charge on any atom is 2.00 e. The Bertz CT molecular complexity index is 120. The van der Waals surface area contributed by atoms with Gasteiger partial charge in [-0.1, -0.05) is 0 Å². The van der Waals surface area contributed by atoms with Crippen LogP contribution in [0.15, 0.2) is 0 Å². The molecule has 0 spiro atoms. The first-order valence-electron chi connectivity index (χ1n) is 2.60. The summed E-state index contributed by atoms with van der Waals surface area (Å²) in [6.45, 7) is 1.94. The minimum Gasteiger partial charge on any atom is -0.550 e. The number of rotatable bonds is 0. The number of carbonyl (C=O) groups is 3. The van der Waals surface area contributed by atoms with E-state index in [1.54, 1.807) is 0 Å². The number of carboxylic acids is 2. The Morgan fingerprint density at radius 2 is 0.923 bits per heavy atom. The Morgan fingerprint density at radius 3 is 0.923 bits per heavy atom. The predicted molar refractivity (Wildman–Crippen MR) is 35.1 cm³/mol. The van der Waals surface area contributed by atoms with E-state index in [0.717, 1.165) is 13.8 Å². The van der Waals surface area contributed by atoms with Crippen LogP contribution in [0, 0.1) is 0 Å². The third-order valence-electron chi connectivity index (χ3n) is 0. The second kappa shape index (κ2) is 17.1. The molecule has 0 aliphatic carbocycles. The van der Waals surface area contributed by atoms with Crippen LogP contribution >= 0.6 is 0 Å². The van der Waals surface area contributed by atoms with Crippen molar-refractivity contribution in [3.05, 3.63) is 0 Å². The third-order valence-corrected chi connectivity index (χ3v) is 0. The minimum atomic E-state index is -1.08. The Balaban J connectivity index is -0.0000000450. The topological polar surface area (TPSA) is 149 Å². The molecule has 2 amide bonds. The summed E-state index contributed by atoms with van der Waals surface area (Å²) in [4.78, 5) is 26.8. The Labute approximate surface area is 87.8 Å². The number of carboxylic acid groups (broad SMARTS) is 2. The normalized spacial score (nSPS) is 5.69. The fourth-order valence-electron chi connectivity index (χ4n) is 0. The molecule has 4 N–H and O–H groups in total. The van der Waals surface area contributed by atoms with Crippen molar-refractivity contribution in [1.29, 1.82) is 0 Å². The van der Waals surface area contributed by atoms with E-state index in [9.17, 15) is 0 Å². The van der Waals surface area contributed by atoms with Crippen LogP contribution in [-0.2, 0) is 29.1 Å². The predicted octanol–water partition coefficient (Wildman–Crippen LogP) is -3.47. The molecule has 72 valence electrons. The molecule has 0 fully saturated rings. The minimum absolute atomic E-state index is 0. The summed E-state index contributed by atoms with van der Waals surface area (Å²) >= 11 is 0. The molecule has 0 aliphatic heterocycles. The van der Waals surface area contributed by atoms with Crippen LogP contribution in [0.5, 0.6) is 0 Å². The van der Waals surface area contributed by atoms with Gasteiger partial charge in [0.05, 0.1) is 0 Å². The molecule has 0 radical (unpaired) electrons. The van der Waals surface area contributed by atoms with Crippen LogP contribution in [0.2, 0.25) is 0 Å². The van der Waals surface area contributed by atoms with Crippen molar-refractivity contribution in [3.8, 4) is 0 Å². The van der Waals surface area contributed by atoms with Gasteiger partial charge in [0.2, 0.25) is 0 Å². The van der Waals surface area contributed by atoms with Gasteiger partial charge in [0.1, 0.15) is 0 Å². The summed E-state index contributed by atoms with van der Waals surface area (Å²) in [6.07, 6.45) is 0. The van der Waals surface area contributed by atoms with Gasteiger partial charge in [0.15, 0.2) is 0 Å². The molecule has 0 saturated carbocycles. The van der Waals surface area contributed by atoms with Crippen LogP contribution in [0.25, 0.3) is 0 Å². The molecule has 0 aliphatic rings. The number of hydrogen-bond donors (Lipinski definition) is 2. The molecule has 0 aromatic carbocycles. The van der Waals surface area contributed by atoms with Crippen LogP contribution in [0.4, 0.5) is 4.79 Å². The summed E-state index contributed by atoms with van der Waals surface area (Å²) in [5.41, 5.74) is 8.50. The van der Waals surface area contributed by atoms with Crippen molar-refractivity contribution in [2.75, 3.05) is 0 Å². The maximum atomic E-state index is 9.00. The molecule has 0 saturated heterocycles. The zero-order chi connectivity index (χ0) is 10.7. The average molecular weight is 244 g/mol. The number of urea groups is 1. The quantitative estimate of drug-likeness (QED) is 0.424. The third kappa shape index (κ3) is 621. The molecule has 0 heterocycles. The molecular formula is C5H10N2O5Zn. The summed E-state index contributed by atoms with van der Waals surface area (Å²) < 4.78 is 0. The second-order valence-corrected chi connectivity index (χ2v) is 1.39. The van der Waals surface area contributed by atoms with E-state index in [2.05, 4.69) is 11.5 Å². The van der Waals surface area contributed by atoms with E-state index in [4.69, 9.17) is 24.6 Å². The molecular weight excluding hydrogens is 233 g/mol. The molecule has 13 heavy (non-hydrogen) atoms. The summed E-state index contributed by atoms with van der Waals surface area (Å²) in [5, 5.41) is 17.8. The van der Waals surface area contributed by atoms with Gasteiger partial charge >= 0.3 is 25.5 Å². The Morgan fingerprint density at radius 1 is 0.923 bits per heavy atom. The molecule has 0 aromatic heterocycles. The number of nitrogens with two attached hydrogens (primary N) is 2. The fraction of sp³-hybridized carbons (Fsp3) is 0.400. The van der Waals surface area contributed by atoms with Gasteiger partial charge in [-0.25, -0.2) is 4.79 Å². The van der Waals surface area contributed by atoms with Gasteiger partial charge in [0.25, 0.3) is 0 Å². The van der Waals surface area contributed by atoms with Crippen molar-refractivity contribution in [3.63, 3.8) is 0 Å². The first-order chi connectivity index (χ1) is 5.20. The first kappa shape index (κ1) is 22.6. The molecule has 0 unspecified atom stereocenters. The van der Waals surface area contributed by atoms with Gasteiger partial charge in [-0.2, -0.15) is 0 Å². The van der Waals surface area contributed by atoms with E-state index in [-0.39, 0.29) is 19.5 Å². The zero-order valence-corrected chi connectivity index (χ0v) is 10.4. The van der Waals surface area contributed by atoms with Crippen molar-refractivity contribution in [1.82, 2.24) is 0 Å². The van der Waals surface area contributed by atoms with Crippen LogP contribution in [0.3, 0.4) is 0 Å². The average Bonchev–Trinajstić information content (AvgIpc) is 1.54. The van der Waals surface area contributed by atoms with Crippen molar-refractivity contribution < 1.29 is 44.1 Å². The molecule has 8 heteroatoms. The van der Waals surface area contributed by atoms with Crippen LogP contribution in [0.1, 0.15) is 13.8 Å². The maximum absolute atomic E-state index is 9.00. The van der Waals surface area contributed by atoms with E-state index < -0.39 is 18.0 Å². The van der Waals surface area contributed by atoms with Crippen molar-refractivity contribution in [2.45, 2.75) is 13.8 Å². The van der Waals surface area contributed by atoms with Gasteiger partial charge in [-0.05, 0) is 13.8 Å². The van der Waals surface area contributed by atoms with E-state index >= 15 is 0 Å². The summed E-state index contributed by atoms with van der Waals surface area (Å²) in [7, 11) is 0. The first-order valence-corrected chi connectivity index (χ1v) is 2.60. The standard InChI is InChI=1S/2C2H4O2.CH4N2O.Zn/c2*1-2(3)4;2-1(3)4;/h2*1H3,(H,3,4);(H4,2,3,4);/q;;;+2/p-2. The Hall–Kier alpha value is -1.17. The number of carbonyl (C=O) groups excluding carboxylic acids is 3. The van der Waals surface area contributed by atoms with E-state index in [1.165, 1.54) is 0 Å². The van der Waals surface area contributed by atoms with Gasteiger partial charge in [0, 0.05) is 11.9 Å². The molecule has 0 bridgehead atoms. The SMILES string of the molecule is CC(=O)[O-].CC(=O)[O-].NC(N)=O.[Zn+2]. The monoisotopic (exact) mass is 242 g/mol. The van der Waals surface area contributed by atoms with Crippen molar-refractivity contribution in [2.24, 2.45) is 11.5 Å². The largest absolute Gasteiger partial charge is 2.00 e. The number of hydrogen-bond acceptors (Lipinski definition) is 5. The van der Waals surface area contributed by atoms with Crippen molar-refractivity contribution >= 4 is 18.0 Å². The van der Waals surface area contributed by atoms with Gasteiger partial charge in [-0.15, -0.1) is 0 Å². The van der Waals surface area contributed by atoms with E-state index in [0.29, 0.717) is 0 Å². The van der Waals surface area contributed by atoms with Crippen LogP contribution < -0.4 is 21.7 Å². The molecule has 0 aromatic rings. The van der Waals surface area contributed by atoms with Crippen LogP contribution in [-0.4, -0.2) is 18.0 Å². The smallest absolute Gasteiger partial charge is 0.550 e. The zero-order valence-electron chi connectivity index (χ0n) is 7.40. The second-order valence-electron chi connectivity index (χ2n) is 1.39. The molecule has 0 rings (SSSR count). The number of amides is 2. The molecule has 7 nitrogen and oxygen atoms in total. The summed E-state index contributed by atoms with van der Waals surface area (Å²) in [6, 6.07) is -0.833. The molecule has 0 atom stereocenters. The van der Waals surface area contributed by atoms with Gasteiger partial charge in [-0.3, -0.25) is 0 Å². The van der Waals surface area contributed by atoms with Gasteiger partial charge < -0.3 is 31.3 Å². The number of primary amides is 2. The fourth-order valence-corrected chi connectivity index (χ4v) is 0. The summed E-state index contributed by atoms with van der Waals surface area (Å²) in [5.74, 6) is -2.17. The van der Waals surface area contributed by atoms with E-state index in [1.807, 2.05) is 0 Å². The number of aliphatic carboxylic acids is 2.